The third-order valence-corrected chi connectivity index (χ3v) is 3.60. The van der Waals surface area contributed by atoms with Crippen molar-refractivity contribution in [2.45, 2.75) is 0 Å². The summed E-state index contributed by atoms with van der Waals surface area (Å²) in [6.07, 6.45) is 1.72. The second-order valence-electron chi connectivity index (χ2n) is 4.90. The molecule has 0 spiro atoms. The fourth-order valence-corrected chi connectivity index (χ4v) is 2.54. The fourth-order valence-electron chi connectivity index (χ4n) is 2.54. The number of nitrogens with one attached hydrogen (secondary N) is 1. The van der Waals surface area contributed by atoms with Crippen LogP contribution in [0.3, 0.4) is 0 Å². The van der Waals surface area contributed by atoms with Crippen LogP contribution in [-0.4, -0.2) is 24.4 Å². The average Bonchev–Trinajstić information content (AvgIpc) is 3.10. The number of nitrogens with zero attached hydrogens (tertiary/aromatic N) is 2. The molecule has 0 amide bonds. The molecule has 0 unspecified atom stereocenters. The van der Waals surface area contributed by atoms with Crippen molar-refractivity contribution in [2.75, 3.05) is 14.2 Å². The highest BCUT2D eigenvalue weighted by Gasteiger charge is 2.18. The number of methoxy groups -OCH3 is 2. The van der Waals surface area contributed by atoms with Crippen LogP contribution >= 0.6 is 0 Å². The number of hydrogen-bond donors (Lipinski definition) is 1. The first kappa shape index (κ1) is 14.7. The molecule has 114 valence electrons. The Hall–Kier alpha value is -3.26. The summed E-state index contributed by atoms with van der Waals surface area (Å²) in [7, 11) is 3.13. The Labute approximate surface area is 134 Å². The lowest BCUT2D eigenvalue weighted by Gasteiger charge is -2.13. The molecule has 2 aromatic carbocycles. The molecule has 5 nitrogen and oxygen atoms in total. The Morgan fingerprint density at radius 3 is 2.48 bits per heavy atom. The van der Waals surface area contributed by atoms with Gasteiger partial charge in [-0.3, -0.25) is 5.10 Å². The van der Waals surface area contributed by atoms with E-state index in [1.807, 2.05) is 30.3 Å². The Bertz CT molecular complexity index is 864. The van der Waals surface area contributed by atoms with Gasteiger partial charge < -0.3 is 9.47 Å². The minimum absolute atomic E-state index is 0.498. The van der Waals surface area contributed by atoms with Gasteiger partial charge in [0.05, 0.1) is 37.7 Å². The van der Waals surface area contributed by atoms with Crippen LogP contribution in [0, 0.1) is 11.3 Å². The number of aromatic amines is 1. The molecule has 23 heavy (non-hydrogen) atoms. The van der Waals surface area contributed by atoms with E-state index < -0.39 is 0 Å². The number of H-pyrrole nitrogens is 1. The van der Waals surface area contributed by atoms with Crippen molar-refractivity contribution in [3.63, 3.8) is 0 Å². The largest absolute Gasteiger partial charge is 0.493 e. The highest BCUT2D eigenvalue weighted by Crippen LogP contribution is 2.42. The summed E-state index contributed by atoms with van der Waals surface area (Å²) in [6, 6.07) is 15.5. The molecule has 0 aliphatic rings. The number of hydrogen-bond acceptors (Lipinski definition) is 4. The summed E-state index contributed by atoms with van der Waals surface area (Å²) >= 11 is 0. The van der Waals surface area contributed by atoms with E-state index in [1.165, 1.54) is 0 Å². The first-order chi connectivity index (χ1) is 11.3. The van der Waals surface area contributed by atoms with E-state index in [1.54, 1.807) is 32.5 Å². The third-order valence-electron chi connectivity index (χ3n) is 3.60. The van der Waals surface area contributed by atoms with Gasteiger partial charge in [0.2, 0.25) is 0 Å². The first-order valence-electron chi connectivity index (χ1n) is 7.03. The predicted molar refractivity (Wildman–Crippen MR) is 87.3 cm³/mol. The van der Waals surface area contributed by atoms with Gasteiger partial charge in [0.15, 0.2) is 11.5 Å². The highest BCUT2D eigenvalue weighted by atomic mass is 16.5. The molecular weight excluding hydrogens is 290 g/mol. The summed E-state index contributed by atoms with van der Waals surface area (Å²) in [5, 5.41) is 16.4. The van der Waals surface area contributed by atoms with Gasteiger partial charge in [-0.05, 0) is 6.07 Å². The molecule has 0 fully saturated rings. The standard InChI is InChI=1S/C18H15N3O2/c1-22-16-9-12(10-19)8-14(18(16)23-2)15-11-20-21-17(15)13-6-4-3-5-7-13/h3-9,11H,1-2H3,(H,20,21). The van der Waals surface area contributed by atoms with Gasteiger partial charge >= 0.3 is 0 Å². The van der Waals surface area contributed by atoms with Crippen LogP contribution in [0.2, 0.25) is 0 Å². The molecule has 3 aromatic rings. The zero-order valence-electron chi connectivity index (χ0n) is 12.8. The topological polar surface area (TPSA) is 70.9 Å². The normalized spacial score (nSPS) is 10.1. The molecular formula is C18H15N3O2. The molecule has 0 saturated carbocycles. The van der Waals surface area contributed by atoms with Crippen LogP contribution in [-0.2, 0) is 0 Å². The van der Waals surface area contributed by atoms with Gasteiger partial charge in [0.25, 0.3) is 0 Å². The second kappa shape index (κ2) is 6.24. The molecule has 1 N–H and O–H groups in total. The molecule has 0 aliphatic heterocycles. The minimum Gasteiger partial charge on any atom is -0.493 e. The van der Waals surface area contributed by atoms with Gasteiger partial charge in [0, 0.05) is 22.8 Å². The summed E-state index contributed by atoms with van der Waals surface area (Å²) in [4.78, 5) is 0. The van der Waals surface area contributed by atoms with Crippen molar-refractivity contribution in [2.24, 2.45) is 0 Å². The molecule has 5 heteroatoms. The Morgan fingerprint density at radius 2 is 1.83 bits per heavy atom. The van der Waals surface area contributed by atoms with E-state index >= 15 is 0 Å². The van der Waals surface area contributed by atoms with E-state index in [4.69, 9.17) is 9.47 Å². The van der Waals surface area contributed by atoms with Crippen molar-refractivity contribution in [1.29, 1.82) is 5.26 Å². The van der Waals surface area contributed by atoms with E-state index in [2.05, 4.69) is 16.3 Å². The van der Waals surface area contributed by atoms with Gasteiger partial charge in [-0.25, -0.2) is 0 Å². The summed E-state index contributed by atoms with van der Waals surface area (Å²) in [6.45, 7) is 0. The zero-order valence-corrected chi connectivity index (χ0v) is 12.8. The Kier molecular flexibility index (Phi) is 3.98. The summed E-state index contributed by atoms with van der Waals surface area (Å²) in [5.74, 6) is 1.09. The summed E-state index contributed by atoms with van der Waals surface area (Å²) < 4.78 is 10.9. The first-order valence-corrected chi connectivity index (χ1v) is 7.03. The second-order valence-corrected chi connectivity index (χ2v) is 4.90. The SMILES string of the molecule is COc1cc(C#N)cc(-c2cn[nH]c2-c2ccccc2)c1OC. The molecule has 0 atom stereocenters. The third kappa shape index (κ3) is 2.62. The average molecular weight is 305 g/mol. The molecule has 3 rings (SSSR count). The Morgan fingerprint density at radius 1 is 1.04 bits per heavy atom. The number of aromatic nitrogens is 2. The molecule has 1 aromatic heterocycles. The molecule has 0 bridgehead atoms. The van der Waals surface area contributed by atoms with Crippen LogP contribution in [0.15, 0.2) is 48.7 Å². The monoisotopic (exact) mass is 305 g/mol. The van der Waals surface area contributed by atoms with Crippen LogP contribution in [0.5, 0.6) is 11.5 Å². The lowest BCUT2D eigenvalue weighted by Crippen LogP contribution is -1.95. The quantitative estimate of drug-likeness (QED) is 0.799. The van der Waals surface area contributed by atoms with Crippen molar-refractivity contribution < 1.29 is 9.47 Å². The predicted octanol–water partition coefficient (Wildman–Crippen LogP) is 3.63. The molecule has 0 aliphatic carbocycles. The van der Waals surface area contributed by atoms with Crippen molar-refractivity contribution in [1.82, 2.24) is 10.2 Å². The molecule has 0 saturated heterocycles. The van der Waals surface area contributed by atoms with Gasteiger partial charge in [-0.2, -0.15) is 10.4 Å². The van der Waals surface area contributed by atoms with Crippen molar-refractivity contribution in [3.8, 4) is 40.0 Å². The van der Waals surface area contributed by atoms with E-state index in [9.17, 15) is 5.26 Å². The lowest BCUT2D eigenvalue weighted by atomic mass is 9.99. The maximum absolute atomic E-state index is 9.26. The number of benzene rings is 2. The molecule has 0 radical (unpaired) electrons. The van der Waals surface area contributed by atoms with Crippen molar-refractivity contribution >= 4 is 0 Å². The van der Waals surface area contributed by atoms with Crippen LogP contribution in [0.4, 0.5) is 0 Å². The maximum Gasteiger partial charge on any atom is 0.168 e. The van der Waals surface area contributed by atoms with E-state index in [0.717, 1.165) is 22.4 Å². The summed E-state index contributed by atoms with van der Waals surface area (Å²) in [5.41, 5.74) is 3.97. The smallest absolute Gasteiger partial charge is 0.168 e. The van der Waals surface area contributed by atoms with Crippen LogP contribution in [0.25, 0.3) is 22.4 Å². The van der Waals surface area contributed by atoms with E-state index in [-0.39, 0.29) is 0 Å². The van der Waals surface area contributed by atoms with Crippen LogP contribution in [0.1, 0.15) is 5.56 Å². The number of ether oxygens (including phenoxy) is 2. The van der Waals surface area contributed by atoms with Gasteiger partial charge in [-0.1, -0.05) is 30.3 Å². The minimum atomic E-state index is 0.498. The lowest BCUT2D eigenvalue weighted by molar-refractivity contribution is 0.356. The van der Waals surface area contributed by atoms with E-state index in [0.29, 0.717) is 17.1 Å². The molecule has 1 heterocycles. The highest BCUT2D eigenvalue weighted by molar-refractivity contribution is 5.85. The zero-order chi connectivity index (χ0) is 16.2. The number of rotatable bonds is 4. The van der Waals surface area contributed by atoms with Gasteiger partial charge in [0.1, 0.15) is 0 Å². The Balaban J connectivity index is 2.24. The van der Waals surface area contributed by atoms with Gasteiger partial charge in [-0.15, -0.1) is 0 Å². The number of nitriles is 1. The van der Waals surface area contributed by atoms with Crippen molar-refractivity contribution in [3.05, 3.63) is 54.2 Å². The maximum atomic E-state index is 9.26. The fraction of sp³-hybridized carbons (Fsp3) is 0.111. The van der Waals surface area contributed by atoms with Crippen LogP contribution < -0.4 is 9.47 Å².